The molecule has 1 aromatic heterocycles. The highest BCUT2D eigenvalue weighted by Gasteiger charge is 2.35. The molecule has 2 heterocycles. The molecule has 1 aliphatic heterocycles. The molecule has 0 spiro atoms. The third-order valence-corrected chi connectivity index (χ3v) is 5.25. The second-order valence-corrected chi connectivity index (χ2v) is 7.16. The Bertz CT molecular complexity index is 702. The molecule has 5 heteroatoms. The van der Waals surface area contributed by atoms with Crippen molar-refractivity contribution in [1.29, 1.82) is 0 Å². The maximum Gasteiger partial charge on any atom is 0.227 e. The molecule has 1 fully saturated rings. The molecule has 5 nitrogen and oxygen atoms in total. The lowest BCUT2D eigenvalue weighted by Crippen LogP contribution is -2.49. The van der Waals surface area contributed by atoms with Crippen LogP contribution in [0.1, 0.15) is 32.3 Å². The molecular formula is C20H26N4O. The van der Waals surface area contributed by atoms with Crippen LogP contribution in [0.2, 0.25) is 0 Å². The highest BCUT2D eigenvalue weighted by Crippen LogP contribution is 2.30. The second-order valence-electron chi connectivity index (χ2n) is 7.16. The monoisotopic (exact) mass is 338 g/mol. The number of nitrogens with zero attached hydrogens (tertiary/aromatic N) is 4. The Kier molecular flexibility index (Phi) is 5.02. The Hall–Kier alpha value is -2.43. The smallest absolute Gasteiger partial charge is 0.227 e. The first-order valence-electron chi connectivity index (χ1n) is 8.85. The van der Waals surface area contributed by atoms with Gasteiger partial charge < -0.3 is 9.80 Å². The summed E-state index contributed by atoms with van der Waals surface area (Å²) in [5.74, 6) is 0.880. The van der Waals surface area contributed by atoms with E-state index in [9.17, 15) is 4.79 Å². The van der Waals surface area contributed by atoms with Gasteiger partial charge in [-0.05, 0) is 38.3 Å². The molecule has 0 unspecified atom stereocenters. The van der Waals surface area contributed by atoms with Gasteiger partial charge in [0.2, 0.25) is 11.9 Å². The van der Waals surface area contributed by atoms with Crippen LogP contribution in [0.15, 0.2) is 48.8 Å². The Morgan fingerprint density at radius 2 is 1.84 bits per heavy atom. The van der Waals surface area contributed by atoms with Crippen LogP contribution in [0, 0.1) is 5.92 Å². The SMILES string of the molecule is CN(C(=O)[C@@H]1CCCN(c2ncccn2)C1)C(C)(C)c1ccccc1. The number of piperidine rings is 1. The van der Waals surface area contributed by atoms with Crippen LogP contribution >= 0.6 is 0 Å². The molecular weight excluding hydrogens is 312 g/mol. The average molecular weight is 338 g/mol. The molecule has 0 N–H and O–H groups in total. The Morgan fingerprint density at radius 3 is 2.52 bits per heavy atom. The molecule has 132 valence electrons. The van der Waals surface area contributed by atoms with Crippen molar-refractivity contribution in [2.24, 2.45) is 5.92 Å². The van der Waals surface area contributed by atoms with E-state index in [4.69, 9.17) is 0 Å². The Balaban J connectivity index is 1.73. The molecule has 25 heavy (non-hydrogen) atoms. The molecule has 0 aliphatic carbocycles. The van der Waals surface area contributed by atoms with Gasteiger partial charge in [0.25, 0.3) is 0 Å². The van der Waals surface area contributed by atoms with Crippen LogP contribution in [0.25, 0.3) is 0 Å². The van der Waals surface area contributed by atoms with E-state index in [0.717, 1.165) is 24.9 Å². The number of anilines is 1. The van der Waals surface area contributed by atoms with Crippen molar-refractivity contribution in [3.8, 4) is 0 Å². The van der Waals surface area contributed by atoms with E-state index < -0.39 is 0 Å². The van der Waals surface area contributed by atoms with Crippen LogP contribution in [0.4, 0.5) is 5.95 Å². The number of amides is 1. The molecule has 1 amide bonds. The molecule has 0 radical (unpaired) electrons. The van der Waals surface area contributed by atoms with Crippen molar-refractivity contribution in [2.75, 3.05) is 25.0 Å². The summed E-state index contributed by atoms with van der Waals surface area (Å²) in [5.41, 5.74) is 0.800. The van der Waals surface area contributed by atoms with E-state index >= 15 is 0 Å². The zero-order valence-corrected chi connectivity index (χ0v) is 15.2. The van der Waals surface area contributed by atoms with Gasteiger partial charge in [-0.1, -0.05) is 30.3 Å². The summed E-state index contributed by atoms with van der Waals surface area (Å²) >= 11 is 0. The quantitative estimate of drug-likeness (QED) is 0.859. The molecule has 0 saturated carbocycles. The summed E-state index contributed by atoms with van der Waals surface area (Å²) < 4.78 is 0. The largest absolute Gasteiger partial charge is 0.340 e. The minimum Gasteiger partial charge on any atom is -0.340 e. The van der Waals surface area contributed by atoms with E-state index in [-0.39, 0.29) is 17.4 Å². The van der Waals surface area contributed by atoms with Crippen molar-refractivity contribution in [3.05, 3.63) is 54.4 Å². The highest BCUT2D eigenvalue weighted by atomic mass is 16.2. The van der Waals surface area contributed by atoms with E-state index in [1.54, 1.807) is 12.4 Å². The average Bonchev–Trinajstić information content (AvgIpc) is 2.68. The molecule has 3 rings (SSSR count). The summed E-state index contributed by atoms with van der Waals surface area (Å²) in [6.45, 7) is 5.78. The fourth-order valence-electron chi connectivity index (χ4n) is 3.40. The number of hydrogen-bond acceptors (Lipinski definition) is 4. The number of benzene rings is 1. The molecule has 1 aromatic carbocycles. The third-order valence-electron chi connectivity index (χ3n) is 5.25. The lowest BCUT2D eigenvalue weighted by molar-refractivity contribution is -0.139. The van der Waals surface area contributed by atoms with Gasteiger partial charge in [-0.3, -0.25) is 4.79 Å². The van der Waals surface area contributed by atoms with Gasteiger partial charge in [0.15, 0.2) is 0 Å². The van der Waals surface area contributed by atoms with Crippen LogP contribution in [0.3, 0.4) is 0 Å². The molecule has 1 atom stereocenters. The highest BCUT2D eigenvalue weighted by molar-refractivity contribution is 5.80. The van der Waals surface area contributed by atoms with Crippen molar-refractivity contribution >= 4 is 11.9 Å². The second kappa shape index (κ2) is 7.21. The minimum absolute atomic E-state index is 0.0226. The maximum absolute atomic E-state index is 13.2. The number of rotatable bonds is 4. The molecule has 1 aliphatic rings. The van der Waals surface area contributed by atoms with Crippen LogP contribution in [0.5, 0.6) is 0 Å². The lowest BCUT2D eigenvalue weighted by atomic mass is 9.89. The molecule has 1 saturated heterocycles. The van der Waals surface area contributed by atoms with Gasteiger partial charge in [-0.15, -0.1) is 0 Å². The van der Waals surface area contributed by atoms with Crippen LogP contribution in [-0.4, -0.2) is 40.9 Å². The summed E-state index contributed by atoms with van der Waals surface area (Å²) in [4.78, 5) is 25.8. The van der Waals surface area contributed by atoms with E-state index in [2.05, 4.69) is 40.8 Å². The van der Waals surface area contributed by atoms with Crippen molar-refractivity contribution < 1.29 is 4.79 Å². The minimum atomic E-state index is -0.343. The maximum atomic E-state index is 13.2. The van der Waals surface area contributed by atoms with Crippen LogP contribution < -0.4 is 4.90 Å². The zero-order valence-electron chi connectivity index (χ0n) is 15.2. The summed E-state index contributed by atoms with van der Waals surface area (Å²) in [7, 11) is 1.91. The predicted molar refractivity (Wildman–Crippen MR) is 99.2 cm³/mol. The summed E-state index contributed by atoms with van der Waals surface area (Å²) in [6, 6.07) is 12.0. The number of carbonyl (C=O) groups is 1. The zero-order chi connectivity index (χ0) is 17.9. The van der Waals surface area contributed by atoms with Crippen molar-refractivity contribution in [1.82, 2.24) is 14.9 Å². The van der Waals surface area contributed by atoms with Gasteiger partial charge in [-0.25, -0.2) is 9.97 Å². The van der Waals surface area contributed by atoms with E-state index in [0.29, 0.717) is 12.5 Å². The Labute approximate surface area is 149 Å². The van der Waals surface area contributed by atoms with Gasteiger partial charge in [0.05, 0.1) is 11.5 Å². The standard InChI is InChI=1S/C20H26N4O/c1-20(2,17-10-5-4-6-11-17)23(3)18(25)16-9-7-14-24(15-16)19-21-12-8-13-22-19/h4-6,8,10-13,16H,7,9,14-15H2,1-3H3/t16-/m1/s1. The predicted octanol–water partition coefficient (Wildman–Crippen LogP) is 3.09. The third kappa shape index (κ3) is 3.65. The fourth-order valence-corrected chi connectivity index (χ4v) is 3.40. The molecule has 0 bridgehead atoms. The van der Waals surface area contributed by atoms with Gasteiger partial charge in [0, 0.05) is 32.5 Å². The summed E-state index contributed by atoms with van der Waals surface area (Å²) in [5, 5.41) is 0. The molecule has 2 aromatic rings. The summed E-state index contributed by atoms with van der Waals surface area (Å²) in [6.07, 6.45) is 5.39. The van der Waals surface area contributed by atoms with Gasteiger partial charge in [-0.2, -0.15) is 0 Å². The lowest BCUT2D eigenvalue weighted by Gasteiger charge is -2.40. The van der Waals surface area contributed by atoms with E-state index in [1.165, 1.54) is 0 Å². The van der Waals surface area contributed by atoms with Gasteiger partial charge in [0.1, 0.15) is 0 Å². The van der Waals surface area contributed by atoms with Crippen molar-refractivity contribution in [3.63, 3.8) is 0 Å². The number of aromatic nitrogens is 2. The fraction of sp³-hybridized carbons (Fsp3) is 0.450. The first kappa shape index (κ1) is 17.4. The topological polar surface area (TPSA) is 49.3 Å². The first-order chi connectivity index (χ1) is 12.0. The Morgan fingerprint density at radius 1 is 1.16 bits per heavy atom. The van der Waals surface area contributed by atoms with Crippen LogP contribution in [-0.2, 0) is 10.3 Å². The first-order valence-corrected chi connectivity index (χ1v) is 8.85. The number of carbonyl (C=O) groups excluding carboxylic acids is 1. The van der Waals surface area contributed by atoms with E-state index in [1.807, 2.05) is 36.2 Å². The van der Waals surface area contributed by atoms with Gasteiger partial charge >= 0.3 is 0 Å². The number of hydrogen-bond donors (Lipinski definition) is 0. The normalized spacial score (nSPS) is 18.0. The van der Waals surface area contributed by atoms with Crippen molar-refractivity contribution in [2.45, 2.75) is 32.2 Å².